The third-order valence-corrected chi connectivity index (χ3v) is 2.87. The number of aryl methyl sites for hydroxylation is 1. The van der Waals surface area contributed by atoms with E-state index in [0.29, 0.717) is 11.1 Å². The molecule has 92 valence electrons. The van der Waals surface area contributed by atoms with Crippen LogP contribution in [0.1, 0.15) is 15.9 Å². The van der Waals surface area contributed by atoms with Crippen LogP contribution in [0.4, 0.5) is 4.39 Å². The first kappa shape index (κ1) is 12.4. The van der Waals surface area contributed by atoms with Crippen molar-refractivity contribution >= 4 is 17.6 Å². The highest BCUT2D eigenvalue weighted by Gasteiger charge is 2.14. The van der Waals surface area contributed by atoms with Crippen molar-refractivity contribution in [3.05, 3.63) is 46.5 Å². The van der Waals surface area contributed by atoms with E-state index in [1.807, 2.05) is 0 Å². The van der Waals surface area contributed by atoms with E-state index in [1.54, 1.807) is 13.0 Å². The quantitative estimate of drug-likeness (QED) is 0.908. The molecule has 18 heavy (non-hydrogen) atoms. The zero-order valence-corrected chi connectivity index (χ0v) is 10.1. The van der Waals surface area contributed by atoms with Gasteiger partial charge in [-0.3, -0.25) is 0 Å². The van der Waals surface area contributed by atoms with Crippen molar-refractivity contribution in [2.45, 2.75) is 6.92 Å². The molecule has 2 aromatic rings. The minimum absolute atomic E-state index is 0.0282. The molecular formula is C12H8ClFN2O2. The summed E-state index contributed by atoms with van der Waals surface area (Å²) in [5.41, 5.74) is 1.05. The number of aromatic carboxylic acids is 1. The minimum Gasteiger partial charge on any atom is -0.478 e. The standard InChI is InChI=1S/C12H8ClFN2O2/c1-6-2-7(3-9(10(6)13)12(17)18)11-15-4-8(14)5-16-11/h2-5H,1H3,(H,17,18). The fourth-order valence-corrected chi connectivity index (χ4v) is 1.71. The molecule has 0 radical (unpaired) electrons. The Morgan fingerprint density at radius 1 is 1.33 bits per heavy atom. The molecule has 0 bridgehead atoms. The van der Waals surface area contributed by atoms with Gasteiger partial charge in [-0.15, -0.1) is 0 Å². The molecule has 1 heterocycles. The topological polar surface area (TPSA) is 63.1 Å². The summed E-state index contributed by atoms with van der Waals surface area (Å²) in [5, 5.41) is 9.19. The highest BCUT2D eigenvalue weighted by molar-refractivity contribution is 6.34. The van der Waals surface area contributed by atoms with Gasteiger partial charge in [-0.05, 0) is 24.6 Å². The van der Waals surface area contributed by atoms with E-state index >= 15 is 0 Å². The second kappa shape index (κ2) is 4.70. The molecule has 0 aliphatic carbocycles. The monoisotopic (exact) mass is 266 g/mol. The van der Waals surface area contributed by atoms with Crippen LogP contribution in [0.3, 0.4) is 0 Å². The molecule has 0 amide bonds. The highest BCUT2D eigenvalue weighted by Crippen LogP contribution is 2.26. The number of halogens is 2. The summed E-state index contributed by atoms with van der Waals surface area (Å²) in [5.74, 6) is -1.44. The van der Waals surface area contributed by atoms with E-state index < -0.39 is 11.8 Å². The Morgan fingerprint density at radius 3 is 2.50 bits per heavy atom. The van der Waals surface area contributed by atoms with Crippen molar-refractivity contribution in [1.29, 1.82) is 0 Å². The van der Waals surface area contributed by atoms with Gasteiger partial charge in [0, 0.05) is 5.56 Å². The van der Waals surface area contributed by atoms with Crippen LogP contribution in [0.15, 0.2) is 24.5 Å². The maximum Gasteiger partial charge on any atom is 0.337 e. The lowest BCUT2D eigenvalue weighted by Gasteiger charge is -2.06. The molecule has 0 fully saturated rings. The normalized spacial score (nSPS) is 10.4. The van der Waals surface area contributed by atoms with E-state index in [9.17, 15) is 9.18 Å². The van der Waals surface area contributed by atoms with E-state index in [0.717, 1.165) is 12.4 Å². The highest BCUT2D eigenvalue weighted by atomic mass is 35.5. The summed E-state index contributed by atoms with van der Waals surface area (Å²) in [7, 11) is 0. The summed E-state index contributed by atoms with van der Waals surface area (Å²) in [6.45, 7) is 1.68. The summed E-state index contributed by atoms with van der Waals surface area (Å²) < 4.78 is 12.7. The van der Waals surface area contributed by atoms with Crippen molar-refractivity contribution in [1.82, 2.24) is 9.97 Å². The van der Waals surface area contributed by atoms with Gasteiger partial charge in [0.25, 0.3) is 0 Å². The average molecular weight is 267 g/mol. The van der Waals surface area contributed by atoms with Gasteiger partial charge in [0.2, 0.25) is 0 Å². The van der Waals surface area contributed by atoms with E-state index in [4.69, 9.17) is 16.7 Å². The summed E-state index contributed by atoms with van der Waals surface area (Å²) in [4.78, 5) is 18.6. The minimum atomic E-state index is -1.13. The Hall–Kier alpha value is -2.01. The first-order valence-corrected chi connectivity index (χ1v) is 5.38. The molecule has 1 aromatic carbocycles. The van der Waals surface area contributed by atoms with Crippen LogP contribution in [0.2, 0.25) is 5.02 Å². The van der Waals surface area contributed by atoms with E-state index in [1.165, 1.54) is 6.07 Å². The van der Waals surface area contributed by atoms with Crippen LogP contribution in [0, 0.1) is 12.7 Å². The fraction of sp³-hybridized carbons (Fsp3) is 0.0833. The van der Waals surface area contributed by atoms with Gasteiger partial charge in [0.05, 0.1) is 23.0 Å². The van der Waals surface area contributed by atoms with Crippen molar-refractivity contribution in [2.75, 3.05) is 0 Å². The number of carbonyl (C=O) groups is 1. The number of benzene rings is 1. The average Bonchev–Trinajstić information content (AvgIpc) is 2.33. The maximum atomic E-state index is 12.7. The summed E-state index contributed by atoms with van der Waals surface area (Å²) >= 11 is 5.89. The summed E-state index contributed by atoms with van der Waals surface area (Å²) in [6, 6.07) is 3.02. The lowest BCUT2D eigenvalue weighted by molar-refractivity contribution is 0.0697. The lowest BCUT2D eigenvalue weighted by atomic mass is 10.1. The molecular weight excluding hydrogens is 259 g/mol. The Bertz CT molecular complexity index is 614. The zero-order valence-electron chi connectivity index (χ0n) is 9.32. The Kier molecular flexibility index (Phi) is 3.25. The molecule has 2 rings (SSSR count). The Balaban J connectivity index is 2.59. The molecule has 0 aliphatic rings. The van der Waals surface area contributed by atoms with E-state index in [-0.39, 0.29) is 16.4 Å². The van der Waals surface area contributed by atoms with Gasteiger partial charge >= 0.3 is 5.97 Å². The maximum absolute atomic E-state index is 12.7. The second-order valence-electron chi connectivity index (χ2n) is 3.68. The predicted molar refractivity (Wildman–Crippen MR) is 64.1 cm³/mol. The van der Waals surface area contributed by atoms with Crippen LogP contribution >= 0.6 is 11.6 Å². The van der Waals surface area contributed by atoms with Crippen LogP contribution in [0.25, 0.3) is 11.4 Å². The molecule has 0 spiro atoms. The first-order valence-electron chi connectivity index (χ1n) is 5.00. The smallest absolute Gasteiger partial charge is 0.337 e. The van der Waals surface area contributed by atoms with Gasteiger partial charge < -0.3 is 5.11 Å². The molecule has 4 nitrogen and oxygen atoms in total. The number of nitrogens with zero attached hydrogens (tertiary/aromatic N) is 2. The summed E-state index contributed by atoms with van der Waals surface area (Å²) in [6.07, 6.45) is 2.04. The van der Waals surface area contributed by atoms with Crippen molar-refractivity contribution in [3.8, 4) is 11.4 Å². The number of hydrogen-bond donors (Lipinski definition) is 1. The SMILES string of the molecule is Cc1cc(-c2ncc(F)cn2)cc(C(=O)O)c1Cl. The molecule has 6 heteroatoms. The van der Waals surface area contributed by atoms with Gasteiger partial charge in [-0.25, -0.2) is 19.2 Å². The largest absolute Gasteiger partial charge is 0.478 e. The van der Waals surface area contributed by atoms with Crippen LogP contribution in [-0.4, -0.2) is 21.0 Å². The number of rotatable bonds is 2. The van der Waals surface area contributed by atoms with E-state index in [2.05, 4.69) is 9.97 Å². The van der Waals surface area contributed by atoms with Crippen molar-refractivity contribution in [3.63, 3.8) is 0 Å². The van der Waals surface area contributed by atoms with Crippen LogP contribution in [0.5, 0.6) is 0 Å². The molecule has 0 atom stereocenters. The molecule has 0 aliphatic heterocycles. The number of carboxylic acid groups (broad SMARTS) is 1. The number of hydrogen-bond acceptors (Lipinski definition) is 3. The Morgan fingerprint density at radius 2 is 1.94 bits per heavy atom. The molecule has 0 saturated heterocycles. The predicted octanol–water partition coefficient (Wildman–Crippen LogP) is 2.94. The molecule has 1 aromatic heterocycles. The van der Waals surface area contributed by atoms with Gasteiger partial charge in [-0.2, -0.15) is 0 Å². The van der Waals surface area contributed by atoms with Crippen LogP contribution < -0.4 is 0 Å². The Labute approximate surface area is 107 Å². The number of aromatic nitrogens is 2. The molecule has 0 unspecified atom stereocenters. The van der Waals surface area contributed by atoms with Crippen molar-refractivity contribution in [2.24, 2.45) is 0 Å². The lowest BCUT2D eigenvalue weighted by Crippen LogP contribution is -2.00. The third kappa shape index (κ3) is 2.31. The second-order valence-corrected chi connectivity index (χ2v) is 4.06. The molecule has 1 N–H and O–H groups in total. The fourth-order valence-electron chi connectivity index (χ4n) is 1.52. The third-order valence-electron chi connectivity index (χ3n) is 2.36. The number of carboxylic acids is 1. The zero-order chi connectivity index (χ0) is 13.3. The van der Waals surface area contributed by atoms with Gasteiger partial charge in [0.1, 0.15) is 0 Å². The van der Waals surface area contributed by atoms with Gasteiger partial charge in [-0.1, -0.05) is 11.6 Å². The van der Waals surface area contributed by atoms with Crippen LogP contribution in [-0.2, 0) is 0 Å². The first-order chi connectivity index (χ1) is 8.49. The van der Waals surface area contributed by atoms with Crippen molar-refractivity contribution < 1.29 is 14.3 Å². The van der Waals surface area contributed by atoms with Gasteiger partial charge in [0.15, 0.2) is 11.6 Å². The molecule has 0 saturated carbocycles.